The minimum absolute atomic E-state index is 0.175. The van der Waals surface area contributed by atoms with Crippen molar-refractivity contribution < 1.29 is 9.59 Å². The number of aromatic nitrogens is 3. The Morgan fingerprint density at radius 2 is 1.87 bits per heavy atom. The van der Waals surface area contributed by atoms with E-state index in [4.69, 9.17) is 5.73 Å². The number of amides is 2. The maximum Gasteiger partial charge on any atom is 0.255 e. The predicted octanol–water partition coefficient (Wildman–Crippen LogP) is 2.51. The van der Waals surface area contributed by atoms with Crippen LogP contribution in [0.5, 0.6) is 0 Å². The Labute approximate surface area is 173 Å². The standard InChI is InChI=1S/C22H22N6O2/c1-28-13-16(25-22(30)14-5-3-2-4-6-14)12-19(28)20-26-17-8-7-15(11-18(17)27-20)21(29)24-10-9-23/h2-8,11-13H,9-10,23H2,1H3,(H,24,29)(H,25,30)(H,26,27). The number of aryl methyl sites for hydroxylation is 1. The van der Waals surface area contributed by atoms with Crippen LogP contribution in [0.15, 0.2) is 60.8 Å². The average molecular weight is 402 g/mol. The van der Waals surface area contributed by atoms with E-state index in [2.05, 4.69) is 20.6 Å². The largest absolute Gasteiger partial charge is 0.351 e. The van der Waals surface area contributed by atoms with E-state index >= 15 is 0 Å². The van der Waals surface area contributed by atoms with Crippen molar-refractivity contribution in [2.24, 2.45) is 12.8 Å². The zero-order valence-electron chi connectivity index (χ0n) is 16.5. The molecule has 0 aliphatic rings. The van der Waals surface area contributed by atoms with Gasteiger partial charge in [0.1, 0.15) is 0 Å². The van der Waals surface area contributed by atoms with Crippen LogP contribution in [0.4, 0.5) is 5.69 Å². The van der Waals surface area contributed by atoms with E-state index in [1.807, 2.05) is 42.1 Å². The summed E-state index contributed by atoms with van der Waals surface area (Å²) < 4.78 is 1.88. The quantitative estimate of drug-likeness (QED) is 0.396. The van der Waals surface area contributed by atoms with Crippen molar-refractivity contribution in [1.29, 1.82) is 0 Å². The number of benzene rings is 2. The molecule has 152 valence electrons. The molecule has 2 aromatic heterocycles. The van der Waals surface area contributed by atoms with Crippen molar-refractivity contribution in [3.63, 3.8) is 0 Å². The molecular formula is C22H22N6O2. The summed E-state index contributed by atoms with van der Waals surface area (Å²) in [6, 6.07) is 16.2. The monoisotopic (exact) mass is 402 g/mol. The third-order valence-corrected chi connectivity index (χ3v) is 4.72. The molecule has 2 amide bonds. The first-order valence-corrected chi connectivity index (χ1v) is 9.56. The van der Waals surface area contributed by atoms with E-state index in [9.17, 15) is 9.59 Å². The molecular weight excluding hydrogens is 380 g/mol. The predicted molar refractivity (Wildman–Crippen MR) is 116 cm³/mol. The van der Waals surface area contributed by atoms with Gasteiger partial charge in [0.15, 0.2) is 5.82 Å². The molecule has 2 aromatic carbocycles. The molecule has 0 bridgehead atoms. The maximum absolute atomic E-state index is 12.4. The Kier molecular flexibility index (Phi) is 5.32. The van der Waals surface area contributed by atoms with E-state index in [-0.39, 0.29) is 11.8 Å². The molecule has 2 heterocycles. The topological polar surface area (TPSA) is 118 Å². The Morgan fingerprint density at radius 1 is 1.07 bits per heavy atom. The van der Waals surface area contributed by atoms with Crippen LogP contribution in [0.2, 0.25) is 0 Å². The first-order valence-electron chi connectivity index (χ1n) is 9.56. The van der Waals surface area contributed by atoms with Gasteiger partial charge >= 0.3 is 0 Å². The first kappa shape index (κ1) is 19.4. The Balaban J connectivity index is 1.58. The van der Waals surface area contributed by atoms with Crippen LogP contribution < -0.4 is 16.4 Å². The highest BCUT2D eigenvalue weighted by atomic mass is 16.2. The lowest BCUT2D eigenvalue weighted by Gasteiger charge is -2.02. The Hall–Kier alpha value is -3.91. The molecule has 0 saturated carbocycles. The van der Waals surface area contributed by atoms with E-state index < -0.39 is 0 Å². The van der Waals surface area contributed by atoms with Gasteiger partial charge in [0.05, 0.1) is 22.4 Å². The van der Waals surface area contributed by atoms with Crippen molar-refractivity contribution >= 4 is 28.5 Å². The minimum atomic E-state index is -0.178. The van der Waals surface area contributed by atoms with Gasteiger partial charge in [-0.2, -0.15) is 0 Å². The maximum atomic E-state index is 12.4. The van der Waals surface area contributed by atoms with E-state index in [1.54, 1.807) is 30.3 Å². The van der Waals surface area contributed by atoms with Crippen molar-refractivity contribution in [2.75, 3.05) is 18.4 Å². The molecule has 0 radical (unpaired) electrons. The lowest BCUT2D eigenvalue weighted by molar-refractivity contribution is 0.0954. The second kappa shape index (κ2) is 8.22. The van der Waals surface area contributed by atoms with Crippen molar-refractivity contribution in [1.82, 2.24) is 19.9 Å². The second-order valence-corrected chi connectivity index (χ2v) is 6.91. The molecule has 0 fully saturated rings. The molecule has 4 rings (SSSR count). The number of carbonyl (C=O) groups is 2. The number of rotatable bonds is 6. The summed E-state index contributed by atoms with van der Waals surface area (Å²) >= 11 is 0. The molecule has 0 spiro atoms. The fourth-order valence-electron chi connectivity index (χ4n) is 3.22. The second-order valence-electron chi connectivity index (χ2n) is 6.91. The molecule has 0 saturated heterocycles. The number of hydrogen-bond donors (Lipinski definition) is 4. The lowest BCUT2D eigenvalue weighted by Crippen LogP contribution is -2.28. The molecule has 8 nitrogen and oxygen atoms in total. The average Bonchev–Trinajstić information content (AvgIpc) is 3.34. The van der Waals surface area contributed by atoms with E-state index in [0.717, 1.165) is 16.7 Å². The minimum Gasteiger partial charge on any atom is -0.351 e. The highest BCUT2D eigenvalue weighted by Gasteiger charge is 2.14. The summed E-state index contributed by atoms with van der Waals surface area (Å²) in [6.07, 6.45) is 1.83. The van der Waals surface area contributed by atoms with Crippen molar-refractivity contribution in [3.8, 4) is 11.5 Å². The third-order valence-electron chi connectivity index (χ3n) is 4.72. The van der Waals surface area contributed by atoms with Crippen molar-refractivity contribution in [2.45, 2.75) is 0 Å². The number of fused-ring (bicyclic) bond motifs is 1. The van der Waals surface area contributed by atoms with Gasteiger partial charge in [0.25, 0.3) is 11.8 Å². The number of nitrogens with zero attached hydrogens (tertiary/aromatic N) is 2. The number of anilines is 1. The smallest absolute Gasteiger partial charge is 0.255 e. The Bertz CT molecular complexity index is 1210. The van der Waals surface area contributed by atoms with Gasteiger partial charge in [0.2, 0.25) is 0 Å². The van der Waals surface area contributed by atoms with Crippen LogP contribution in [-0.2, 0) is 7.05 Å². The molecule has 0 aliphatic carbocycles. The van der Waals surface area contributed by atoms with Gasteiger partial charge in [-0.3, -0.25) is 9.59 Å². The van der Waals surface area contributed by atoms with Gasteiger partial charge in [0, 0.05) is 37.5 Å². The SMILES string of the molecule is Cn1cc(NC(=O)c2ccccc2)cc1-c1nc2ccc(C(=O)NCCN)cc2[nH]1. The summed E-state index contributed by atoms with van der Waals surface area (Å²) in [6.45, 7) is 0.810. The molecule has 0 unspecified atom stereocenters. The number of carbonyl (C=O) groups excluding carboxylic acids is 2. The molecule has 5 N–H and O–H groups in total. The number of nitrogens with two attached hydrogens (primary N) is 1. The van der Waals surface area contributed by atoms with Crippen LogP contribution in [-0.4, -0.2) is 39.4 Å². The van der Waals surface area contributed by atoms with Gasteiger partial charge in [-0.1, -0.05) is 18.2 Å². The number of hydrogen-bond acceptors (Lipinski definition) is 4. The molecule has 0 aliphatic heterocycles. The van der Waals surface area contributed by atoms with Gasteiger partial charge in [-0.05, 0) is 36.4 Å². The van der Waals surface area contributed by atoms with Crippen molar-refractivity contribution in [3.05, 3.63) is 71.9 Å². The first-order chi connectivity index (χ1) is 14.5. The van der Waals surface area contributed by atoms with Gasteiger partial charge < -0.3 is 25.9 Å². The summed E-state index contributed by atoms with van der Waals surface area (Å²) in [5.74, 6) is 0.293. The summed E-state index contributed by atoms with van der Waals surface area (Å²) in [5, 5.41) is 5.66. The van der Waals surface area contributed by atoms with Gasteiger partial charge in [-0.15, -0.1) is 0 Å². The van der Waals surface area contributed by atoms with Crippen LogP contribution in [0, 0.1) is 0 Å². The normalized spacial score (nSPS) is 10.9. The van der Waals surface area contributed by atoms with E-state index in [0.29, 0.717) is 35.7 Å². The molecule has 0 atom stereocenters. The number of H-pyrrole nitrogens is 1. The fourth-order valence-corrected chi connectivity index (χ4v) is 3.22. The molecule has 30 heavy (non-hydrogen) atoms. The highest BCUT2D eigenvalue weighted by Crippen LogP contribution is 2.25. The Morgan fingerprint density at radius 3 is 2.63 bits per heavy atom. The van der Waals surface area contributed by atoms with Crippen LogP contribution >= 0.6 is 0 Å². The number of aromatic amines is 1. The lowest BCUT2D eigenvalue weighted by atomic mass is 10.2. The summed E-state index contributed by atoms with van der Waals surface area (Å²) in [5.41, 5.74) is 9.54. The van der Waals surface area contributed by atoms with Crippen LogP contribution in [0.1, 0.15) is 20.7 Å². The van der Waals surface area contributed by atoms with Gasteiger partial charge in [-0.25, -0.2) is 4.98 Å². The fraction of sp³-hybridized carbons (Fsp3) is 0.136. The molecule has 8 heteroatoms. The van der Waals surface area contributed by atoms with E-state index in [1.165, 1.54) is 0 Å². The zero-order valence-corrected chi connectivity index (χ0v) is 16.5. The number of nitrogens with one attached hydrogen (secondary N) is 3. The third kappa shape index (κ3) is 3.94. The highest BCUT2D eigenvalue weighted by molar-refractivity contribution is 6.04. The number of imidazole rings is 1. The summed E-state index contributed by atoms with van der Waals surface area (Å²) in [4.78, 5) is 32.4. The zero-order chi connectivity index (χ0) is 21.1. The van der Waals surface area contributed by atoms with Crippen LogP contribution in [0.3, 0.4) is 0 Å². The molecule has 4 aromatic rings. The van der Waals surface area contributed by atoms with Crippen LogP contribution in [0.25, 0.3) is 22.6 Å². The summed E-state index contributed by atoms with van der Waals surface area (Å²) in [7, 11) is 1.88.